The van der Waals surface area contributed by atoms with E-state index in [0.29, 0.717) is 16.3 Å². The van der Waals surface area contributed by atoms with Gasteiger partial charge in [0.15, 0.2) is 0 Å². The minimum atomic E-state index is -1.10. The molecule has 0 unspecified atom stereocenters. The first-order chi connectivity index (χ1) is 11.8. The van der Waals surface area contributed by atoms with E-state index in [-0.39, 0.29) is 12.5 Å². The third-order valence-electron chi connectivity index (χ3n) is 3.49. The minimum absolute atomic E-state index is 0.119. The highest BCUT2D eigenvalue weighted by molar-refractivity contribution is 7.21. The lowest BCUT2D eigenvalue weighted by molar-refractivity contribution is -0.142. The average molecular weight is 383 g/mol. The Hall–Kier alpha value is -2.12. The van der Waals surface area contributed by atoms with Crippen LogP contribution in [0, 0.1) is 5.92 Å². The molecule has 1 heterocycles. The molecule has 1 aromatic carbocycles. The number of thiophene rings is 1. The smallest absolute Gasteiger partial charge is 0.326 e. The standard InChI is InChI=1S/C17H19ClN2O4S/c1-9(2)7-11(17(23)24)20-13(21)8-19-16(22)15-14(18)10-5-3-4-6-12(10)25-15/h3-6,9,11H,7-8H2,1-2H3,(H,19,22)(H,20,21)(H,23,24)/t11-/m0/s1. The van der Waals surface area contributed by atoms with E-state index in [9.17, 15) is 14.4 Å². The number of fused-ring (bicyclic) bond motifs is 1. The van der Waals surface area contributed by atoms with Gasteiger partial charge in [-0.3, -0.25) is 9.59 Å². The number of carboxylic acid groups (broad SMARTS) is 1. The van der Waals surface area contributed by atoms with E-state index >= 15 is 0 Å². The van der Waals surface area contributed by atoms with Gasteiger partial charge in [0.1, 0.15) is 10.9 Å². The minimum Gasteiger partial charge on any atom is -0.480 e. The van der Waals surface area contributed by atoms with Crippen molar-refractivity contribution in [3.05, 3.63) is 34.2 Å². The number of aliphatic carboxylic acids is 1. The quantitative estimate of drug-likeness (QED) is 0.686. The Morgan fingerprint density at radius 2 is 1.92 bits per heavy atom. The predicted molar refractivity (Wildman–Crippen MR) is 98.2 cm³/mol. The highest BCUT2D eigenvalue weighted by Gasteiger charge is 2.22. The molecule has 0 aliphatic rings. The first-order valence-electron chi connectivity index (χ1n) is 7.77. The molecular formula is C17H19ClN2O4S. The van der Waals surface area contributed by atoms with Gasteiger partial charge in [-0.05, 0) is 18.4 Å². The second-order valence-corrected chi connectivity index (χ2v) is 7.44. The van der Waals surface area contributed by atoms with Crippen molar-refractivity contribution in [1.82, 2.24) is 10.6 Å². The van der Waals surface area contributed by atoms with Gasteiger partial charge in [-0.15, -0.1) is 11.3 Å². The summed E-state index contributed by atoms with van der Waals surface area (Å²) in [5, 5.41) is 15.2. The van der Waals surface area contributed by atoms with E-state index < -0.39 is 23.8 Å². The summed E-state index contributed by atoms with van der Waals surface area (Å²) >= 11 is 7.46. The summed E-state index contributed by atoms with van der Waals surface area (Å²) in [6.07, 6.45) is 0.317. The fraction of sp³-hybridized carbons (Fsp3) is 0.353. The second-order valence-electron chi connectivity index (χ2n) is 6.01. The van der Waals surface area contributed by atoms with Crippen molar-refractivity contribution in [3.63, 3.8) is 0 Å². The number of hydrogen-bond acceptors (Lipinski definition) is 4. The summed E-state index contributed by atoms with van der Waals surface area (Å²) in [5.74, 6) is -2.00. The van der Waals surface area contributed by atoms with Crippen LogP contribution in [0.4, 0.5) is 0 Å². The zero-order chi connectivity index (χ0) is 18.6. The first-order valence-corrected chi connectivity index (χ1v) is 8.96. The number of carbonyl (C=O) groups excluding carboxylic acids is 2. The van der Waals surface area contributed by atoms with Crippen molar-refractivity contribution in [3.8, 4) is 0 Å². The van der Waals surface area contributed by atoms with Crippen molar-refractivity contribution in [2.45, 2.75) is 26.3 Å². The number of hydrogen-bond donors (Lipinski definition) is 3. The van der Waals surface area contributed by atoms with Crippen LogP contribution in [-0.4, -0.2) is 35.5 Å². The first kappa shape index (κ1) is 19.2. The molecule has 0 saturated carbocycles. The van der Waals surface area contributed by atoms with Crippen LogP contribution < -0.4 is 10.6 Å². The van der Waals surface area contributed by atoms with Gasteiger partial charge < -0.3 is 15.7 Å². The second kappa shape index (κ2) is 8.31. The third kappa shape index (κ3) is 4.93. The highest BCUT2D eigenvalue weighted by atomic mass is 35.5. The molecule has 0 fully saturated rings. The molecule has 0 radical (unpaired) electrons. The Labute approximate surface area is 154 Å². The maximum Gasteiger partial charge on any atom is 0.326 e. The zero-order valence-corrected chi connectivity index (χ0v) is 15.4. The largest absolute Gasteiger partial charge is 0.480 e. The molecule has 2 aromatic rings. The SMILES string of the molecule is CC(C)C[C@H](NC(=O)CNC(=O)c1sc2ccccc2c1Cl)C(=O)O. The van der Waals surface area contributed by atoms with E-state index in [1.165, 1.54) is 11.3 Å². The molecule has 8 heteroatoms. The van der Waals surface area contributed by atoms with Gasteiger partial charge in [0, 0.05) is 10.1 Å². The van der Waals surface area contributed by atoms with E-state index in [4.69, 9.17) is 16.7 Å². The van der Waals surface area contributed by atoms with Gasteiger partial charge in [0.05, 0.1) is 11.6 Å². The van der Waals surface area contributed by atoms with Gasteiger partial charge in [-0.1, -0.05) is 43.6 Å². The molecule has 0 saturated heterocycles. The summed E-state index contributed by atoms with van der Waals surface area (Å²) in [7, 11) is 0. The molecule has 3 N–H and O–H groups in total. The lowest BCUT2D eigenvalue weighted by atomic mass is 10.0. The van der Waals surface area contributed by atoms with Gasteiger partial charge in [0.2, 0.25) is 5.91 Å². The van der Waals surface area contributed by atoms with Crippen LogP contribution in [-0.2, 0) is 9.59 Å². The van der Waals surface area contributed by atoms with Crippen LogP contribution in [0.5, 0.6) is 0 Å². The summed E-state index contributed by atoms with van der Waals surface area (Å²) in [5.41, 5.74) is 0. The Kier molecular flexibility index (Phi) is 6.39. The number of rotatable bonds is 7. The maximum absolute atomic E-state index is 12.3. The number of nitrogens with one attached hydrogen (secondary N) is 2. The van der Waals surface area contributed by atoms with E-state index in [1.54, 1.807) is 0 Å². The van der Waals surface area contributed by atoms with Crippen molar-refractivity contribution in [1.29, 1.82) is 0 Å². The van der Waals surface area contributed by atoms with Crippen molar-refractivity contribution < 1.29 is 19.5 Å². The summed E-state index contributed by atoms with van der Waals surface area (Å²) in [6.45, 7) is 3.42. The van der Waals surface area contributed by atoms with Crippen LogP contribution in [0.2, 0.25) is 5.02 Å². The zero-order valence-electron chi connectivity index (χ0n) is 13.8. The molecule has 0 spiro atoms. The molecule has 0 aliphatic carbocycles. The molecular weight excluding hydrogens is 364 g/mol. The van der Waals surface area contributed by atoms with Gasteiger partial charge in [0.25, 0.3) is 5.91 Å². The van der Waals surface area contributed by atoms with Crippen LogP contribution in [0.15, 0.2) is 24.3 Å². The Bertz CT molecular complexity index is 803. The van der Waals surface area contributed by atoms with Crippen LogP contribution >= 0.6 is 22.9 Å². The predicted octanol–water partition coefficient (Wildman–Crippen LogP) is 2.90. The van der Waals surface area contributed by atoms with Crippen LogP contribution in [0.1, 0.15) is 29.9 Å². The number of carbonyl (C=O) groups is 3. The monoisotopic (exact) mass is 382 g/mol. The van der Waals surface area contributed by atoms with Crippen LogP contribution in [0.3, 0.4) is 0 Å². The Balaban J connectivity index is 1.97. The molecule has 25 heavy (non-hydrogen) atoms. The summed E-state index contributed by atoms with van der Waals surface area (Å²) in [4.78, 5) is 35.7. The number of benzene rings is 1. The number of halogens is 1. The highest BCUT2D eigenvalue weighted by Crippen LogP contribution is 2.34. The fourth-order valence-corrected chi connectivity index (χ4v) is 3.77. The van der Waals surface area contributed by atoms with Crippen molar-refractivity contribution >= 4 is 50.8 Å². The molecule has 1 aromatic heterocycles. The molecule has 2 rings (SSSR count). The molecule has 1 atom stereocenters. The van der Waals surface area contributed by atoms with E-state index in [1.807, 2.05) is 38.1 Å². The number of carboxylic acids is 1. The van der Waals surface area contributed by atoms with Crippen molar-refractivity contribution in [2.24, 2.45) is 5.92 Å². The molecule has 0 bridgehead atoms. The van der Waals surface area contributed by atoms with Gasteiger partial charge in [-0.25, -0.2) is 4.79 Å². The van der Waals surface area contributed by atoms with E-state index in [2.05, 4.69) is 10.6 Å². The average Bonchev–Trinajstić information content (AvgIpc) is 2.89. The summed E-state index contributed by atoms with van der Waals surface area (Å²) < 4.78 is 0.880. The fourth-order valence-electron chi connectivity index (χ4n) is 2.34. The molecule has 134 valence electrons. The summed E-state index contributed by atoms with van der Waals surface area (Å²) in [6, 6.07) is 6.39. The van der Waals surface area contributed by atoms with E-state index in [0.717, 1.165) is 10.1 Å². The maximum atomic E-state index is 12.3. The third-order valence-corrected chi connectivity index (χ3v) is 5.17. The lowest BCUT2D eigenvalue weighted by Crippen LogP contribution is -2.46. The topological polar surface area (TPSA) is 95.5 Å². The lowest BCUT2D eigenvalue weighted by Gasteiger charge is -2.16. The van der Waals surface area contributed by atoms with Crippen LogP contribution in [0.25, 0.3) is 10.1 Å². The van der Waals surface area contributed by atoms with Gasteiger partial charge in [-0.2, -0.15) is 0 Å². The van der Waals surface area contributed by atoms with Gasteiger partial charge >= 0.3 is 5.97 Å². The molecule has 0 aliphatic heterocycles. The molecule has 2 amide bonds. The Morgan fingerprint density at radius 3 is 2.52 bits per heavy atom. The molecule has 6 nitrogen and oxygen atoms in total. The normalized spacial score (nSPS) is 12.2. The number of amides is 2. The van der Waals surface area contributed by atoms with Crippen molar-refractivity contribution in [2.75, 3.05) is 6.54 Å². The Morgan fingerprint density at radius 1 is 1.24 bits per heavy atom.